The summed E-state index contributed by atoms with van der Waals surface area (Å²) in [5.74, 6) is 0.847. The molecule has 1 fully saturated rings. The molecular weight excluding hydrogens is 326 g/mol. The van der Waals surface area contributed by atoms with Crippen LogP contribution in [0.15, 0.2) is 48.5 Å². The molecular formula is C20H21N5O. The van der Waals surface area contributed by atoms with E-state index in [9.17, 15) is 5.11 Å². The summed E-state index contributed by atoms with van der Waals surface area (Å²) in [5.41, 5.74) is 8.62. The molecule has 2 aromatic carbocycles. The second-order valence-electron chi connectivity index (χ2n) is 6.90. The number of anilines is 1. The summed E-state index contributed by atoms with van der Waals surface area (Å²) < 4.78 is 2.17. The van der Waals surface area contributed by atoms with Gasteiger partial charge in [0.1, 0.15) is 0 Å². The van der Waals surface area contributed by atoms with Crippen LogP contribution in [0.1, 0.15) is 17.5 Å². The normalized spacial score (nSPS) is 19.8. The number of hydrogen-bond acceptors (Lipinski definition) is 5. The smallest absolute Gasteiger partial charge is 0.206 e. The van der Waals surface area contributed by atoms with Crippen LogP contribution in [0.3, 0.4) is 0 Å². The molecule has 1 unspecified atom stereocenters. The molecule has 0 saturated carbocycles. The van der Waals surface area contributed by atoms with Gasteiger partial charge in [0.25, 0.3) is 0 Å². The third-order valence-corrected chi connectivity index (χ3v) is 5.05. The van der Waals surface area contributed by atoms with Crippen LogP contribution in [-0.2, 0) is 6.54 Å². The van der Waals surface area contributed by atoms with Crippen molar-refractivity contribution < 1.29 is 5.11 Å². The Morgan fingerprint density at radius 2 is 1.96 bits per heavy atom. The van der Waals surface area contributed by atoms with E-state index in [-0.39, 0.29) is 6.54 Å². The number of para-hydroxylation sites is 2. The fourth-order valence-electron chi connectivity index (χ4n) is 3.52. The molecule has 4 rings (SSSR count). The van der Waals surface area contributed by atoms with Gasteiger partial charge < -0.3 is 20.3 Å². The van der Waals surface area contributed by atoms with Gasteiger partial charge in [-0.2, -0.15) is 5.26 Å². The second kappa shape index (κ2) is 6.45. The Hall–Kier alpha value is -2.88. The zero-order valence-electron chi connectivity index (χ0n) is 14.5. The van der Waals surface area contributed by atoms with Gasteiger partial charge in [-0.05, 0) is 36.2 Å². The summed E-state index contributed by atoms with van der Waals surface area (Å²) in [6.07, 6.45) is 0.642. The van der Waals surface area contributed by atoms with Gasteiger partial charge in [-0.1, -0.05) is 24.3 Å². The van der Waals surface area contributed by atoms with Gasteiger partial charge in [-0.15, -0.1) is 0 Å². The Kier molecular flexibility index (Phi) is 4.11. The van der Waals surface area contributed by atoms with Gasteiger partial charge in [-0.3, -0.25) is 0 Å². The second-order valence-corrected chi connectivity index (χ2v) is 6.90. The van der Waals surface area contributed by atoms with E-state index in [1.807, 2.05) is 42.5 Å². The minimum absolute atomic E-state index is 0.249. The largest absolute Gasteiger partial charge is 0.387 e. The van der Waals surface area contributed by atoms with Crippen LogP contribution < -0.4 is 10.6 Å². The molecule has 0 bridgehead atoms. The van der Waals surface area contributed by atoms with E-state index in [1.165, 1.54) is 0 Å². The van der Waals surface area contributed by atoms with Crippen molar-refractivity contribution in [2.75, 3.05) is 24.5 Å². The topological polar surface area (TPSA) is 91.1 Å². The van der Waals surface area contributed by atoms with Crippen molar-refractivity contribution in [3.63, 3.8) is 0 Å². The Morgan fingerprint density at radius 1 is 1.19 bits per heavy atom. The van der Waals surface area contributed by atoms with E-state index < -0.39 is 5.60 Å². The Morgan fingerprint density at radius 3 is 2.65 bits per heavy atom. The maximum Gasteiger partial charge on any atom is 0.206 e. The molecule has 0 amide bonds. The lowest BCUT2D eigenvalue weighted by atomic mass is 10.0. The summed E-state index contributed by atoms with van der Waals surface area (Å²) in [4.78, 5) is 6.92. The van der Waals surface area contributed by atoms with Gasteiger partial charge in [0.15, 0.2) is 0 Å². The lowest BCUT2D eigenvalue weighted by Crippen LogP contribution is -2.41. The molecule has 0 radical (unpaired) electrons. The fraction of sp³-hybridized carbons (Fsp3) is 0.300. The minimum atomic E-state index is -0.850. The number of aromatic nitrogens is 2. The van der Waals surface area contributed by atoms with E-state index in [4.69, 9.17) is 16.0 Å². The number of imidazole rings is 1. The van der Waals surface area contributed by atoms with Gasteiger partial charge in [0.05, 0.1) is 41.4 Å². The first kappa shape index (κ1) is 16.6. The molecule has 26 heavy (non-hydrogen) atoms. The van der Waals surface area contributed by atoms with E-state index in [0.29, 0.717) is 25.1 Å². The molecule has 0 aliphatic carbocycles. The highest BCUT2D eigenvalue weighted by atomic mass is 16.3. The average Bonchev–Trinajstić information content (AvgIpc) is 3.24. The molecule has 132 valence electrons. The third-order valence-electron chi connectivity index (χ3n) is 5.05. The molecule has 6 heteroatoms. The molecule has 1 atom stereocenters. The molecule has 1 aliphatic rings. The van der Waals surface area contributed by atoms with E-state index in [0.717, 1.165) is 29.1 Å². The predicted octanol–water partition coefficient (Wildman–Crippen LogP) is 1.86. The summed E-state index contributed by atoms with van der Waals surface area (Å²) in [6.45, 7) is 2.11. The molecule has 3 aromatic rings. The van der Waals surface area contributed by atoms with Crippen molar-refractivity contribution in [3.05, 3.63) is 59.7 Å². The van der Waals surface area contributed by atoms with Crippen LogP contribution in [0.4, 0.5) is 5.95 Å². The molecule has 1 aromatic heterocycles. The number of hydrogen-bond donors (Lipinski definition) is 2. The van der Waals surface area contributed by atoms with Crippen molar-refractivity contribution in [2.24, 2.45) is 5.73 Å². The monoisotopic (exact) mass is 347 g/mol. The maximum atomic E-state index is 10.5. The molecule has 1 saturated heterocycles. The van der Waals surface area contributed by atoms with Gasteiger partial charge in [0.2, 0.25) is 5.95 Å². The third kappa shape index (κ3) is 2.92. The molecule has 6 nitrogen and oxygen atoms in total. The highest BCUT2D eigenvalue weighted by Gasteiger charge is 2.36. The number of β-amino-alcohol motifs (C(OH)–C–C–N with tert-alkyl or cyclic N) is 1. The first-order valence-electron chi connectivity index (χ1n) is 8.74. The number of nitrogens with zero attached hydrogens (tertiary/aromatic N) is 4. The highest BCUT2D eigenvalue weighted by Crippen LogP contribution is 2.29. The molecule has 1 aliphatic heterocycles. The number of aliphatic hydroxyl groups is 1. The fourth-order valence-corrected chi connectivity index (χ4v) is 3.52. The lowest BCUT2D eigenvalue weighted by Gasteiger charge is -2.23. The van der Waals surface area contributed by atoms with E-state index in [2.05, 4.69) is 21.6 Å². The van der Waals surface area contributed by atoms with Gasteiger partial charge in [-0.25, -0.2) is 4.98 Å². The maximum absolute atomic E-state index is 10.5. The summed E-state index contributed by atoms with van der Waals surface area (Å²) in [6, 6.07) is 17.8. The van der Waals surface area contributed by atoms with Gasteiger partial charge in [0, 0.05) is 13.1 Å². The summed E-state index contributed by atoms with van der Waals surface area (Å²) >= 11 is 0. The quantitative estimate of drug-likeness (QED) is 0.752. The number of fused-ring (bicyclic) bond motifs is 1. The number of rotatable bonds is 4. The standard InChI is InChI=1S/C20H21N5O/c21-11-15-5-7-16(8-6-15)12-25-18-4-2-1-3-17(18)23-19(25)24-10-9-20(26,13-22)14-24/h1-8,26H,9-10,12-14,22H2. The molecule has 3 N–H and O–H groups in total. The summed E-state index contributed by atoms with van der Waals surface area (Å²) in [7, 11) is 0. The van der Waals surface area contributed by atoms with Crippen molar-refractivity contribution in [3.8, 4) is 6.07 Å². The van der Waals surface area contributed by atoms with Gasteiger partial charge >= 0.3 is 0 Å². The first-order valence-corrected chi connectivity index (χ1v) is 8.74. The van der Waals surface area contributed by atoms with Crippen LogP contribution in [0.5, 0.6) is 0 Å². The number of nitrogens with two attached hydrogens (primary N) is 1. The van der Waals surface area contributed by atoms with Crippen LogP contribution in [0.25, 0.3) is 11.0 Å². The predicted molar refractivity (Wildman–Crippen MR) is 101 cm³/mol. The Labute approximate surface area is 152 Å². The van der Waals surface area contributed by atoms with E-state index in [1.54, 1.807) is 0 Å². The van der Waals surface area contributed by atoms with Crippen LogP contribution >= 0.6 is 0 Å². The van der Waals surface area contributed by atoms with Crippen molar-refractivity contribution in [1.82, 2.24) is 9.55 Å². The zero-order valence-corrected chi connectivity index (χ0v) is 14.5. The number of benzene rings is 2. The Balaban J connectivity index is 1.73. The highest BCUT2D eigenvalue weighted by molar-refractivity contribution is 5.79. The molecule has 2 heterocycles. The first-order chi connectivity index (χ1) is 12.6. The van der Waals surface area contributed by atoms with Crippen LogP contribution in [0.2, 0.25) is 0 Å². The molecule has 0 spiro atoms. The van der Waals surface area contributed by atoms with E-state index >= 15 is 0 Å². The van der Waals surface area contributed by atoms with Crippen molar-refractivity contribution in [2.45, 2.75) is 18.6 Å². The average molecular weight is 347 g/mol. The number of nitriles is 1. The Bertz CT molecular complexity index is 972. The minimum Gasteiger partial charge on any atom is -0.387 e. The van der Waals surface area contributed by atoms with Crippen LogP contribution in [0, 0.1) is 11.3 Å². The van der Waals surface area contributed by atoms with Crippen molar-refractivity contribution in [1.29, 1.82) is 5.26 Å². The SMILES string of the molecule is N#Cc1ccc(Cn2c(N3CCC(O)(CN)C3)nc3ccccc32)cc1. The lowest BCUT2D eigenvalue weighted by molar-refractivity contribution is 0.0724. The van der Waals surface area contributed by atoms with Crippen LogP contribution in [-0.4, -0.2) is 39.9 Å². The van der Waals surface area contributed by atoms with Crippen molar-refractivity contribution >= 4 is 17.0 Å². The summed E-state index contributed by atoms with van der Waals surface area (Å²) in [5, 5.41) is 19.5. The zero-order chi connectivity index (χ0) is 18.1.